The first-order chi connectivity index (χ1) is 14.6. The number of rotatable bonds is 5. The minimum atomic E-state index is -3.63. The molecule has 0 radical (unpaired) electrons. The Labute approximate surface area is 175 Å². The van der Waals surface area contributed by atoms with Crippen molar-refractivity contribution in [2.75, 3.05) is 18.4 Å². The first kappa shape index (κ1) is 20.2. The van der Waals surface area contributed by atoms with E-state index in [1.807, 2.05) is 12.1 Å². The topological polar surface area (TPSA) is 97.2 Å². The van der Waals surface area contributed by atoms with E-state index in [0.717, 1.165) is 25.7 Å². The van der Waals surface area contributed by atoms with Crippen molar-refractivity contribution in [3.63, 3.8) is 0 Å². The molecular formula is C21H23N5O3S. The summed E-state index contributed by atoms with van der Waals surface area (Å²) in [4.78, 5) is 13.0. The lowest BCUT2D eigenvalue weighted by Crippen LogP contribution is -2.32. The number of carbonyl (C=O) groups excluding carboxylic acids is 1. The summed E-state index contributed by atoms with van der Waals surface area (Å²) in [6.45, 7) is 1.04. The van der Waals surface area contributed by atoms with Crippen molar-refractivity contribution >= 4 is 21.6 Å². The van der Waals surface area contributed by atoms with Gasteiger partial charge >= 0.3 is 0 Å². The molecule has 1 saturated heterocycles. The van der Waals surface area contributed by atoms with Crippen molar-refractivity contribution in [1.82, 2.24) is 19.3 Å². The van der Waals surface area contributed by atoms with Crippen LogP contribution in [0.15, 0.2) is 65.8 Å². The molecule has 1 aliphatic heterocycles. The van der Waals surface area contributed by atoms with E-state index < -0.39 is 15.9 Å². The molecule has 4 rings (SSSR count). The Bertz CT molecular complexity index is 1120. The molecule has 1 aliphatic rings. The fourth-order valence-electron chi connectivity index (χ4n) is 3.54. The molecule has 30 heavy (non-hydrogen) atoms. The molecule has 0 unspecified atom stereocenters. The molecule has 1 fully saturated rings. The van der Waals surface area contributed by atoms with Crippen LogP contribution in [0.4, 0.5) is 5.69 Å². The SMILES string of the molecule is O=C(Nc1ccccc1-n1ccnn1)c1cccc(S(=O)(=O)N2CCCCCC2)c1. The third-order valence-corrected chi connectivity index (χ3v) is 7.02. The lowest BCUT2D eigenvalue weighted by Gasteiger charge is -2.20. The standard InChI is InChI=1S/C21H23N5O3S/c27-21(23-19-10-3-4-11-20(19)26-15-12-22-24-26)17-8-7-9-18(16-17)30(28,29)25-13-5-1-2-6-14-25/h3-4,7-12,15-16H,1-2,5-6,13-14H2,(H,23,27). The van der Waals surface area contributed by atoms with E-state index in [0.29, 0.717) is 24.5 Å². The van der Waals surface area contributed by atoms with Gasteiger partial charge in [-0.3, -0.25) is 4.79 Å². The van der Waals surface area contributed by atoms with Crippen molar-refractivity contribution in [3.05, 3.63) is 66.5 Å². The molecule has 0 bridgehead atoms. The van der Waals surface area contributed by atoms with Crippen molar-refractivity contribution < 1.29 is 13.2 Å². The van der Waals surface area contributed by atoms with Crippen LogP contribution in [0.25, 0.3) is 5.69 Å². The molecule has 1 aromatic heterocycles. The molecule has 0 atom stereocenters. The van der Waals surface area contributed by atoms with Gasteiger partial charge in [-0.05, 0) is 43.2 Å². The maximum atomic E-state index is 13.1. The molecule has 1 N–H and O–H groups in total. The van der Waals surface area contributed by atoms with Crippen LogP contribution in [0, 0.1) is 0 Å². The van der Waals surface area contributed by atoms with E-state index in [2.05, 4.69) is 15.6 Å². The smallest absolute Gasteiger partial charge is 0.255 e. The number of para-hydroxylation sites is 2. The van der Waals surface area contributed by atoms with Gasteiger partial charge in [0.25, 0.3) is 5.91 Å². The van der Waals surface area contributed by atoms with Gasteiger partial charge in [0.05, 0.1) is 28.7 Å². The number of amides is 1. The highest BCUT2D eigenvalue weighted by Crippen LogP contribution is 2.23. The second-order valence-electron chi connectivity index (χ2n) is 7.17. The van der Waals surface area contributed by atoms with E-state index >= 15 is 0 Å². The van der Waals surface area contributed by atoms with Gasteiger partial charge < -0.3 is 5.32 Å². The largest absolute Gasteiger partial charge is 0.320 e. The van der Waals surface area contributed by atoms with Crippen LogP contribution in [-0.2, 0) is 10.0 Å². The van der Waals surface area contributed by atoms with Gasteiger partial charge in [0.1, 0.15) is 0 Å². The molecular weight excluding hydrogens is 402 g/mol. The van der Waals surface area contributed by atoms with Crippen LogP contribution in [0.5, 0.6) is 0 Å². The van der Waals surface area contributed by atoms with Crippen molar-refractivity contribution in [2.45, 2.75) is 30.6 Å². The van der Waals surface area contributed by atoms with Gasteiger partial charge in [-0.1, -0.05) is 36.3 Å². The summed E-state index contributed by atoms with van der Waals surface area (Å²) in [7, 11) is -3.63. The Morgan fingerprint density at radius 1 is 0.967 bits per heavy atom. The average Bonchev–Trinajstić information content (AvgIpc) is 3.15. The number of nitrogens with zero attached hydrogens (tertiary/aromatic N) is 4. The second-order valence-corrected chi connectivity index (χ2v) is 9.10. The normalized spacial score (nSPS) is 15.5. The number of sulfonamides is 1. The fraction of sp³-hybridized carbons (Fsp3) is 0.286. The molecule has 2 heterocycles. The third-order valence-electron chi connectivity index (χ3n) is 5.12. The zero-order valence-corrected chi connectivity index (χ0v) is 17.3. The lowest BCUT2D eigenvalue weighted by molar-refractivity contribution is 0.102. The molecule has 156 valence electrons. The Hall–Kier alpha value is -3.04. The summed E-state index contributed by atoms with van der Waals surface area (Å²) in [5.74, 6) is -0.393. The number of carbonyl (C=O) groups is 1. The third kappa shape index (κ3) is 4.27. The van der Waals surface area contributed by atoms with Gasteiger partial charge in [-0.15, -0.1) is 5.10 Å². The Morgan fingerprint density at radius 3 is 2.47 bits per heavy atom. The van der Waals surface area contributed by atoms with E-state index in [9.17, 15) is 13.2 Å². The van der Waals surface area contributed by atoms with Gasteiger partial charge in [0.15, 0.2) is 0 Å². The molecule has 0 aliphatic carbocycles. The molecule has 3 aromatic rings. The summed E-state index contributed by atoms with van der Waals surface area (Å²) < 4.78 is 29.2. The summed E-state index contributed by atoms with van der Waals surface area (Å²) in [5.41, 5.74) is 1.49. The maximum absolute atomic E-state index is 13.1. The molecule has 0 spiro atoms. The van der Waals surface area contributed by atoms with Crippen molar-refractivity contribution in [3.8, 4) is 5.69 Å². The van der Waals surface area contributed by atoms with Gasteiger partial charge in [0.2, 0.25) is 10.0 Å². The quantitative estimate of drug-likeness (QED) is 0.678. The molecule has 8 nitrogen and oxygen atoms in total. The predicted octanol–water partition coefficient (Wildman–Crippen LogP) is 3.08. The van der Waals surface area contributed by atoms with Crippen LogP contribution in [0.1, 0.15) is 36.0 Å². The summed E-state index contributed by atoms with van der Waals surface area (Å²) >= 11 is 0. The van der Waals surface area contributed by atoms with Gasteiger partial charge in [-0.2, -0.15) is 4.31 Å². The van der Waals surface area contributed by atoms with Crippen molar-refractivity contribution in [1.29, 1.82) is 0 Å². The monoisotopic (exact) mass is 425 g/mol. The predicted molar refractivity (Wildman–Crippen MR) is 113 cm³/mol. The summed E-state index contributed by atoms with van der Waals surface area (Å²) in [6.07, 6.45) is 7.03. The van der Waals surface area contributed by atoms with Crippen LogP contribution in [-0.4, -0.2) is 46.7 Å². The van der Waals surface area contributed by atoms with Gasteiger partial charge in [0, 0.05) is 18.7 Å². The Morgan fingerprint density at radius 2 is 1.73 bits per heavy atom. The molecule has 2 aromatic carbocycles. The van der Waals surface area contributed by atoms with Crippen LogP contribution in [0.2, 0.25) is 0 Å². The lowest BCUT2D eigenvalue weighted by atomic mass is 10.2. The highest BCUT2D eigenvalue weighted by atomic mass is 32.2. The zero-order chi connectivity index (χ0) is 21.0. The molecule has 1 amide bonds. The minimum Gasteiger partial charge on any atom is -0.320 e. The van der Waals surface area contributed by atoms with E-state index in [4.69, 9.17) is 0 Å². The van der Waals surface area contributed by atoms with Crippen LogP contribution < -0.4 is 5.32 Å². The van der Waals surface area contributed by atoms with Crippen LogP contribution in [0.3, 0.4) is 0 Å². The second kappa shape index (κ2) is 8.76. The van der Waals surface area contributed by atoms with Crippen LogP contribution >= 0.6 is 0 Å². The number of hydrogen-bond acceptors (Lipinski definition) is 5. The summed E-state index contributed by atoms with van der Waals surface area (Å²) in [6, 6.07) is 13.4. The first-order valence-electron chi connectivity index (χ1n) is 9.93. The molecule has 0 saturated carbocycles. The fourth-order valence-corrected chi connectivity index (χ4v) is 5.10. The van der Waals surface area contributed by atoms with E-state index in [1.54, 1.807) is 47.4 Å². The number of aromatic nitrogens is 3. The highest BCUT2D eigenvalue weighted by Gasteiger charge is 2.26. The zero-order valence-electron chi connectivity index (χ0n) is 16.4. The summed E-state index contributed by atoms with van der Waals surface area (Å²) in [5, 5.41) is 10.6. The average molecular weight is 426 g/mol. The minimum absolute atomic E-state index is 0.140. The Kier molecular flexibility index (Phi) is 5.91. The molecule has 9 heteroatoms. The van der Waals surface area contributed by atoms with E-state index in [1.165, 1.54) is 10.4 Å². The number of benzene rings is 2. The van der Waals surface area contributed by atoms with Gasteiger partial charge in [-0.25, -0.2) is 13.1 Å². The maximum Gasteiger partial charge on any atom is 0.255 e. The number of anilines is 1. The number of hydrogen-bond donors (Lipinski definition) is 1. The Balaban J connectivity index is 1.58. The number of nitrogens with one attached hydrogen (secondary N) is 1. The van der Waals surface area contributed by atoms with Crippen molar-refractivity contribution in [2.24, 2.45) is 0 Å². The van der Waals surface area contributed by atoms with E-state index in [-0.39, 0.29) is 10.5 Å². The highest BCUT2D eigenvalue weighted by molar-refractivity contribution is 7.89. The first-order valence-corrected chi connectivity index (χ1v) is 11.4.